The number of aromatic nitrogens is 3. The zero-order chi connectivity index (χ0) is 16.7. The number of rotatable bonds is 4. The van der Waals surface area contributed by atoms with Gasteiger partial charge in [0.05, 0.1) is 16.1 Å². The van der Waals surface area contributed by atoms with Gasteiger partial charge in [0, 0.05) is 35.3 Å². The van der Waals surface area contributed by atoms with E-state index in [1.165, 1.54) is 18.2 Å². The van der Waals surface area contributed by atoms with E-state index in [2.05, 4.69) is 10.2 Å². The van der Waals surface area contributed by atoms with Crippen molar-refractivity contribution >= 4 is 22.6 Å². The van der Waals surface area contributed by atoms with Gasteiger partial charge in [0.1, 0.15) is 5.69 Å². The van der Waals surface area contributed by atoms with Crippen LogP contribution in [-0.2, 0) is 0 Å². The Morgan fingerprint density at radius 2 is 2.13 bits per heavy atom. The Morgan fingerprint density at radius 3 is 2.70 bits per heavy atom. The van der Waals surface area contributed by atoms with E-state index in [1.54, 1.807) is 6.07 Å². The lowest BCUT2D eigenvalue weighted by molar-refractivity contribution is -0.384. The van der Waals surface area contributed by atoms with E-state index in [0.29, 0.717) is 11.2 Å². The summed E-state index contributed by atoms with van der Waals surface area (Å²) in [4.78, 5) is 21.5. The summed E-state index contributed by atoms with van der Waals surface area (Å²) in [6.45, 7) is 3.94. The van der Waals surface area contributed by atoms with E-state index in [4.69, 9.17) is 5.11 Å². The highest BCUT2D eigenvalue weighted by Gasteiger charge is 2.18. The highest BCUT2D eigenvalue weighted by molar-refractivity contribution is 5.97. The second kappa shape index (κ2) is 5.24. The third kappa shape index (κ3) is 2.44. The highest BCUT2D eigenvalue weighted by atomic mass is 16.6. The summed E-state index contributed by atoms with van der Waals surface area (Å²) in [5, 5.41) is 27.3. The molecule has 8 heteroatoms. The minimum Gasteiger partial charge on any atom is -0.477 e. The summed E-state index contributed by atoms with van der Waals surface area (Å²) >= 11 is 0. The second-order valence-corrected chi connectivity index (χ2v) is 5.47. The van der Waals surface area contributed by atoms with Crippen LogP contribution >= 0.6 is 0 Å². The van der Waals surface area contributed by atoms with E-state index in [9.17, 15) is 14.9 Å². The van der Waals surface area contributed by atoms with E-state index in [-0.39, 0.29) is 17.4 Å². The second-order valence-electron chi connectivity index (χ2n) is 5.47. The summed E-state index contributed by atoms with van der Waals surface area (Å²) in [6, 6.07) is 6.15. The van der Waals surface area contributed by atoms with Crippen molar-refractivity contribution in [3.63, 3.8) is 0 Å². The van der Waals surface area contributed by atoms with Crippen LogP contribution in [0.3, 0.4) is 0 Å². The number of carboxylic acid groups (broad SMARTS) is 1. The molecule has 2 heterocycles. The van der Waals surface area contributed by atoms with Gasteiger partial charge in [-0.25, -0.2) is 4.79 Å². The maximum atomic E-state index is 11.0. The molecule has 0 unspecified atom stereocenters. The zero-order valence-electron chi connectivity index (χ0n) is 12.5. The van der Waals surface area contributed by atoms with E-state index in [0.717, 1.165) is 10.9 Å². The molecule has 0 spiro atoms. The third-order valence-electron chi connectivity index (χ3n) is 3.67. The number of nitrogens with zero attached hydrogens (tertiary/aromatic N) is 3. The Labute approximate surface area is 130 Å². The summed E-state index contributed by atoms with van der Waals surface area (Å²) in [7, 11) is 0. The van der Waals surface area contributed by atoms with E-state index >= 15 is 0 Å². The smallest absolute Gasteiger partial charge is 0.353 e. The number of H-pyrrole nitrogens is 1. The Morgan fingerprint density at radius 1 is 1.39 bits per heavy atom. The van der Waals surface area contributed by atoms with Crippen molar-refractivity contribution in [2.75, 3.05) is 0 Å². The molecule has 1 aromatic carbocycles. The van der Waals surface area contributed by atoms with Crippen LogP contribution in [0.15, 0.2) is 30.5 Å². The summed E-state index contributed by atoms with van der Waals surface area (Å²) in [5.41, 5.74) is 1.93. The van der Waals surface area contributed by atoms with Crippen molar-refractivity contribution in [2.45, 2.75) is 19.9 Å². The van der Waals surface area contributed by atoms with Crippen molar-refractivity contribution in [1.29, 1.82) is 0 Å². The Hall–Kier alpha value is -3.16. The van der Waals surface area contributed by atoms with Crippen LogP contribution < -0.4 is 0 Å². The molecule has 3 aromatic rings. The molecule has 8 nitrogen and oxygen atoms in total. The van der Waals surface area contributed by atoms with Crippen LogP contribution in [0.2, 0.25) is 0 Å². The maximum absolute atomic E-state index is 11.0. The number of carbonyl (C=O) groups is 1. The molecule has 0 saturated heterocycles. The molecule has 0 amide bonds. The van der Waals surface area contributed by atoms with Gasteiger partial charge in [-0.05, 0) is 26.0 Å². The van der Waals surface area contributed by atoms with Crippen molar-refractivity contribution in [1.82, 2.24) is 14.8 Å². The Kier molecular flexibility index (Phi) is 3.36. The lowest BCUT2D eigenvalue weighted by Gasteiger charge is -2.08. The summed E-state index contributed by atoms with van der Waals surface area (Å²) < 4.78 is 1.91. The number of nitro benzene ring substituents is 1. The largest absolute Gasteiger partial charge is 0.477 e. The number of hydrogen-bond donors (Lipinski definition) is 2. The van der Waals surface area contributed by atoms with Crippen molar-refractivity contribution in [3.8, 4) is 11.3 Å². The number of aromatic amines is 1. The molecule has 0 aliphatic heterocycles. The molecular weight excluding hydrogens is 300 g/mol. The molecule has 0 aliphatic rings. The van der Waals surface area contributed by atoms with Gasteiger partial charge in [-0.15, -0.1) is 0 Å². The number of nitro groups is 1. The number of fused-ring (bicyclic) bond motifs is 1. The van der Waals surface area contributed by atoms with Gasteiger partial charge >= 0.3 is 5.97 Å². The number of carboxylic acids is 1. The Bertz CT molecular complexity index is 923. The standard InChI is InChI=1S/C15H14N4O4/c1-8(2)18-7-11(12-6-13(15(20)21)17-16-12)10-4-3-9(19(22)23)5-14(10)18/h3-8H,1-2H3,(H,16,17)(H,20,21). The van der Waals surface area contributed by atoms with Gasteiger partial charge in [0.2, 0.25) is 0 Å². The number of benzene rings is 1. The predicted octanol–water partition coefficient (Wildman–Crippen LogP) is 3.22. The average Bonchev–Trinajstić information content (AvgIpc) is 3.10. The minimum absolute atomic E-state index is 0.00708. The first-order valence-electron chi connectivity index (χ1n) is 6.96. The van der Waals surface area contributed by atoms with Gasteiger partial charge in [-0.2, -0.15) is 5.10 Å². The summed E-state index contributed by atoms with van der Waals surface area (Å²) in [5.74, 6) is -1.09. The number of aromatic carboxylic acids is 1. The average molecular weight is 314 g/mol. The molecule has 0 bridgehead atoms. The molecule has 2 aromatic heterocycles. The molecule has 2 N–H and O–H groups in total. The topological polar surface area (TPSA) is 114 Å². The monoisotopic (exact) mass is 314 g/mol. The molecule has 23 heavy (non-hydrogen) atoms. The van der Waals surface area contributed by atoms with E-state index in [1.807, 2.05) is 24.6 Å². The van der Waals surface area contributed by atoms with Crippen LogP contribution in [0, 0.1) is 10.1 Å². The van der Waals surface area contributed by atoms with E-state index < -0.39 is 10.9 Å². The predicted molar refractivity (Wildman–Crippen MR) is 83.5 cm³/mol. The van der Waals surface area contributed by atoms with Gasteiger partial charge in [0.25, 0.3) is 5.69 Å². The van der Waals surface area contributed by atoms with Gasteiger partial charge < -0.3 is 9.67 Å². The molecule has 118 valence electrons. The van der Waals surface area contributed by atoms with Crippen molar-refractivity contribution < 1.29 is 14.8 Å². The normalized spacial score (nSPS) is 11.3. The van der Waals surface area contributed by atoms with Crippen molar-refractivity contribution in [3.05, 3.63) is 46.3 Å². The van der Waals surface area contributed by atoms with Gasteiger partial charge in [-0.3, -0.25) is 15.2 Å². The highest BCUT2D eigenvalue weighted by Crippen LogP contribution is 2.33. The molecule has 0 atom stereocenters. The number of nitrogens with one attached hydrogen (secondary N) is 1. The fourth-order valence-corrected chi connectivity index (χ4v) is 2.55. The van der Waals surface area contributed by atoms with Crippen LogP contribution in [0.1, 0.15) is 30.4 Å². The van der Waals surface area contributed by atoms with Gasteiger partial charge in [0.15, 0.2) is 0 Å². The summed E-state index contributed by atoms with van der Waals surface area (Å²) in [6.07, 6.45) is 1.83. The first kappa shape index (κ1) is 14.8. The van der Waals surface area contributed by atoms with Crippen LogP contribution in [0.5, 0.6) is 0 Å². The molecule has 0 saturated carbocycles. The lowest BCUT2D eigenvalue weighted by atomic mass is 10.1. The number of hydrogen-bond acceptors (Lipinski definition) is 4. The minimum atomic E-state index is -1.09. The van der Waals surface area contributed by atoms with Crippen molar-refractivity contribution in [2.24, 2.45) is 0 Å². The first-order valence-corrected chi connectivity index (χ1v) is 6.96. The van der Waals surface area contributed by atoms with Crippen LogP contribution in [-0.4, -0.2) is 30.8 Å². The van der Waals surface area contributed by atoms with Gasteiger partial charge in [-0.1, -0.05) is 0 Å². The van der Waals surface area contributed by atoms with Crippen LogP contribution in [0.4, 0.5) is 5.69 Å². The Balaban J connectivity index is 2.24. The zero-order valence-corrected chi connectivity index (χ0v) is 12.5. The van der Waals surface area contributed by atoms with Crippen LogP contribution in [0.25, 0.3) is 22.2 Å². The molecule has 0 fully saturated rings. The molecule has 0 radical (unpaired) electrons. The fraction of sp³-hybridized carbons (Fsp3) is 0.200. The molecule has 0 aliphatic carbocycles. The fourth-order valence-electron chi connectivity index (χ4n) is 2.55. The molecule has 3 rings (SSSR count). The first-order chi connectivity index (χ1) is 10.9. The maximum Gasteiger partial charge on any atom is 0.353 e. The lowest BCUT2D eigenvalue weighted by Crippen LogP contribution is -1.98. The SMILES string of the molecule is CC(C)n1cc(-c2cc(C(=O)O)[nH]n2)c2ccc([N+](=O)[O-])cc21. The molecular formula is C15H14N4O4. The third-order valence-corrected chi connectivity index (χ3v) is 3.67. The quantitative estimate of drug-likeness (QED) is 0.567. The number of non-ortho nitro benzene ring substituents is 1.